The van der Waals surface area contributed by atoms with Gasteiger partial charge in [0.2, 0.25) is 0 Å². The van der Waals surface area contributed by atoms with Gasteiger partial charge in [0.05, 0.1) is 24.8 Å². The van der Waals surface area contributed by atoms with Crippen molar-refractivity contribution in [2.45, 2.75) is 31.1 Å². The topological polar surface area (TPSA) is 38.8 Å². The summed E-state index contributed by atoms with van der Waals surface area (Å²) in [6, 6.07) is 6.04. The van der Waals surface area contributed by atoms with Gasteiger partial charge in [0.15, 0.2) is 0 Å². The minimum absolute atomic E-state index is 0.0457. The zero-order valence-corrected chi connectivity index (χ0v) is 12.4. The highest BCUT2D eigenvalue weighted by molar-refractivity contribution is 5.95. The molecule has 118 valence electrons. The van der Waals surface area contributed by atoms with E-state index in [1.807, 2.05) is 0 Å². The zero-order valence-electron chi connectivity index (χ0n) is 12.4. The third kappa shape index (κ3) is 2.78. The van der Waals surface area contributed by atoms with Crippen molar-refractivity contribution in [3.05, 3.63) is 48.3 Å². The lowest BCUT2D eigenvalue weighted by atomic mass is 10.0. The summed E-state index contributed by atoms with van der Waals surface area (Å²) >= 11 is 0. The SMILES string of the molecule is C=CCO[C@@H]1CN(C(=O)c2ccccc2F)[C@@H]2CCCO[C@@H]21. The first-order chi connectivity index (χ1) is 10.7. The first-order valence-corrected chi connectivity index (χ1v) is 7.62. The molecule has 0 bridgehead atoms. The summed E-state index contributed by atoms with van der Waals surface area (Å²) in [5.41, 5.74) is 0.108. The first-order valence-electron chi connectivity index (χ1n) is 7.62. The van der Waals surface area contributed by atoms with Crippen molar-refractivity contribution in [2.24, 2.45) is 0 Å². The van der Waals surface area contributed by atoms with Gasteiger partial charge in [0, 0.05) is 6.61 Å². The summed E-state index contributed by atoms with van der Waals surface area (Å²) in [4.78, 5) is 14.4. The third-order valence-electron chi connectivity index (χ3n) is 4.27. The Kier molecular flexibility index (Phi) is 4.55. The molecule has 3 atom stereocenters. The Balaban J connectivity index is 1.82. The normalized spacial score (nSPS) is 27.5. The molecular formula is C17H20FNO3. The molecule has 2 aliphatic heterocycles. The van der Waals surface area contributed by atoms with Gasteiger partial charge in [-0.25, -0.2) is 4.39 Å². The van der Waals surface area contributed by atoms with Gasteiger partial charge >= 0.3 is 0 Å². The van der Waals surface area contributed by atoms with E-state index >= 15 is 0 Å². The molecular weight excluding hydrogens is 285 g/mol. The molecule has 0 unspecified atom stereocenters. The second kappa shape index (κ2) is 6.58. The molecule has 2 saturated heterocycles. The van der Waals surface area contributed by atoms with Gasteiger partial charge < -0.3 is 14.4 Å². The smallest absolute Gasteiger partial charge is 0.257 e. The van der Waals surface area contributed by atoms with Crippen LogP contribution in [-0.2, 0) is 9.47 Å². The van der Waals surface area contributed by atoms with Gasteiger partial charge in [-0.05, 0) is 25.0 Å². The molecule has 2 fully saturated rings. The number of likely N-dealkylation sites (tertiary alicyclic amines) is 1. The summed E-state index contributed by atoms with van der Waals surface area (Å²) in [6.07, 6.45) is 3.12. The number of fused-ring (bicyclic) bond motifs is 1. The fourth-order valence-corrected chi connectivity index (χ4v) is 3.27. The highest BCUT2D eigenvalue weighted by Gasteiger charge is 2.46. The predicted octanol–water partition coefficient (Wildman–Crippen LogP) is 2.40. The number of halogens is 1. The van der Waals surface area contributed by atoms with Gasteiger partial charge in [-0.2, -0.15) is 0 Å². The Bertz CT molecular complexity index is 563. The summed E-state index contributed by atoms with van der Waals surface area (Å²) in [6.45, 7) is 5.16. The fraction of sp³-hybridized carbons (Fsp3) is 0.471. The molecule has 0 aromatic heterocycles. The molecule has 0 spiro atoms. The Morgan fingerprint density at radius 3 is 3.09 bits per heavy atom. The highest BCUT2D eigenvalue weighted by Crippen LogP contribution is 2.32. The average Bonchev–Trinajstić information content (AvgIpc) is 2.92. The lowest BCUT2D eigenvalue weighted by molar-refractivity contribution is -0.0708. The average molecular weight is 305 g/mol. The number of carbonyl (C=O) groups is 1. The maximum absolute atomic E-state index is 13.9. The van der Waals surface area contributed by atoms with Crippen LogP contribution in [0.15, 0.2) is 36.9 Å². The molecule has 1 aromatic carbocycles. The number of benzene rings is 1. The summed E-state index contributed by atoms with van der Waals surface area (Å²) < 4.78 is 25.4. The van der Waals surface area contributed by atoms with Crippen LogP contribution in [0.2, 0.25) is 0 Å². The number of ether oxygens (including phenoxy) is 2. The molecule has 3 rings (SSSR count). The number of rotatable bonds is 4. The van der Waals surface area contributed by atoms with Crippen LogP contribution in [-0.4, -0.2) is 48.8 Å². The number of nitrogens with zero attached hydrogens (tertiary/aromatic N) is 1. The maximum Gasteiger partial charge on any atom is 0.257 e. The van der Waals surface area contributed by atoms with E-state index in [1.165, 1.54) is 12.1 Å². The first kappa shape index (κ1) is 15.2. The molecule has 2 heterocycles. The van der Waals surface area contributed by atoms with Gasteiger partial charge in [0.25, 0.3) is 5.91 Å². The van der Waals surface area contributed by atoms with Crippen molar-refractivity contribution in [1.82, 2.24) is 4.90 Å². The lowest BCUT2D eigenvalue weighted by Crippen LogP contribution is -2.44. The second-order valence-corrected chi connectivity index (χ2v) is 5.64. The Morgan fingerprint density at radius 2 is 2.32 bits per heavy atom. The molecule has 0 aliphatic carbocycles. The van der Waals surface area contributed by atoms with Gasteiger partial charge in [-0.15, -0.1) is 6.58 Å². The Hall–Kier alpha value is -1.72. The minimum atomic E-state index is -0.490. The molecule has 22 heavy (non-hydrogen) atoms. The molecule has 2 aliphatic rings. The van der Waals surface area contributed by atoms with Crippen molar-refractivity contribution in [2.75, 3.05) is 19.8 Å². The zero-order chi connectivity index (χ0) is 15.5. The Morgan fingerprint density at radius 1 is 1.50 bits per heavy atom. The van der Waals surface area contributed by atoms with Crippen LogP contribution in [0.3, 0.4) is 0 Å². The number of amides is 1. The van der Waals surface area contributed by atoms with E-state index in [1.54, 1.807) is 23.1 Å². The van der Waals surface area contributed by atoms with Crippen LogP contribution < -0.4 is 0 Å². The lowest BCUT2D eigenvalue weighted by Gasteiger charge is -2.32. The van der Waals surface area contributed by atoms with E-state index in [4.69, 9.17) is 9.47 Å². The quantitative estimate of drug-likeness (QED) is 0.802. The number of hydrogen-bond acceptors (Lipinski definition) is 3. The molecule has 0 radical (unpaired) electrons. The molecule has 4 nitrogen and oxygen atoms in total. The predicted molar refractivity (Wildman–Crippen MR) is 80.1 cm³/mol. The van der Waals surface area contributed by atoms with Crippen LogP contribution in [0.4, 0.5) is 4.39 Å². The minimum Gasteiger partial charge on any atom is -0.373 e. The van der Waals surface area contributed by atoms with Crippen LogP contribution in [0.25, 0.3) is 0 Å². The maximum atomic E-state index is 13.9. The molecule has 1 aromatic rings. The summed E-state index contributed by atoms with van der Waals surface area (Å²) in [7, 11) is 0. The molecule has 1 amide bonds. The van der Waals surface area contributed by atoms with Crippen molar-refractivity contribution < 1.29 is 18.7 Å². The van der Waals surface area contributed by atoms with E-state index in [9.17, 15) is 9.18 Å². The molecule has 5 heteroatoms. The van der Waals surface area contributed by atoms with Crippen LogP contribution in [0, 0.1) is 5.82 Å². The summed E-state index contributed by atoms with van der Waals surface area (Å²) in [5, 5.41) is 0. The van der Waals surface area contributed by atoms with E-state index in [0.717, 1.165) is 12.8 Å². The van der Waals surface area contributed by atoms with Crippen molar-refractivity contribution in [3.63, 3.8) is 0 Å². The van der Waals surface area contributed by atoms with Gasteiger partial charge in [-0.3, -0.25) is 4.79 Å². The van der Waals surface area contributed by atoms with Crippen LogP contribution >= 0.6 is 0 Å². The van der Waals surface area contributed by atoms with Crippen molar-refractivity contribution in [3.8, 4) is 0 Å². The third-order valence-corrected chi connectivity index (χ3v) is 4.27. The number of hydrogen-bond donors (Lipinski definition) is 0. The largest absolute Gasteiger partial charge is 0.373 e. The standard InChI is InChI=1S/C17H20FNO3/c1-2-9-21-15-11-19(14-8-5-10-22-16(14)15)17(20)12-6-3-4-7-13(12)18/h2-4,6-7,14-16H,1,5,8-11H2/t14-,15-,16+/m1/s1. The van der Waals surface area contributed by atoms with Crippen molar-refractivity contribution in [1.29, 1.82) is 0 Å². The van der Waals surface area contributed by atoms with Crippen LogP contribution in [0.5, 0.6) is 0 Å². The van der Waals surface area contributed by atoms with E-state index in [2.05, 4.69) is 6.58 Å². The fourth-order valence-electron chi connectivity index (χ4n) is 3.27. The second-order valence-electron chi connectivity index (χ2n) is 5.64. The van der Waals surface area contributed by atoms with E-state index in [-0.39, 0.29) is 29.7 Å². The van der Waals surface area contributed by atoms with E-state index in [0.29, 0.717) is 19.8 Å². The molecule has 0 N–H and O–H groups in total. The van der Waals surface area contributed by atoms with Gasteiger partial charge in [0.1, 0.15) is 18.0 Å². The monoisotopic (exact) mass is 305 g/mol. The molecule has 0 saturated carbocycles. The van der Waals surface area contributed by atoms with Crippen LogP contribution in [0.1, 0.15) is 23.2 Å². The van der Waals surface area contributed by atoms with Gasteiger partial charge in [-0.1, -0.05) is 18.2 Å². The highest BCUT2D eigenvalue weighted by atomic mass is 19.1. The summed E-state index contributed by atoms with van der Waals surface area (Å²) in [5.74, 6) is -0.778. The van der Waals surface area contributed by atoms with Crippen molar-refractivity contribution >= 4 is 5.91 Å². The van der Waals surface area contributed by atoms with E-state index < -0.39 is 5.82 Å². The Labute approximate surface area is 129 Å². The number of carbonyl (C=O) groups excluding carboxylic acids is 1.